The van der Waals surface area contributed by atoms with Crippen LogP contribution >= 0.6 is 15.9 Å². The Labute approximate surface area is 110 Å². The molecule has 1 rings (SSSR count). The normalized spacial score (nSPS) is 12.4. The van der Waals surface area contributed by atoms with Crippen LogP contribution in [0.4, 0.5) is 5.69 Å². The van der Waals surface area contributed by atoms with Crippen molar-refractivity contribution in [3.63, 3.8) is 0 Å². The van der Waals surface area contributed by atoms with Gasteiger partial charge in [-0.15, -0.1) is 0 Å². The largest absolute Gasteiger partial charge is 0.317 e. The van der Waals surface area contributed by atoms with Gasteiger partial charge in [-0.3, -0.25) is 10.1 Å². The van der Waals surface area contributed by atoms with Gasteiger partial charge >= 0.3 is 0 Å². The van der Waals surface area contributed by atoms with Crippen molar-refractivity contribution in [1.29, 1.82) is 0 Å². The molecule has 5 heteroatoms. The van der Waals surface area contributed by atoms with Gasteiger partial charge in [0.1, 0.15) is 0 Å². The van der Waals surface area contributed by atoms with Gasteiger partial charge in [0, 0.05) is 22.1 Å². The molecule has 1 aromatic rings. The summed E-state index contributed by atoms with van der Waals surface area (Å²) < 4.78 is 0.744. The molecule has 0 amide bonds. The number of hydrogen-bond acceptors (Lipinski definition) is 3. The van der Waals surface area contributed by atoms with Crippen molar-refractivity contribution in [1.82, 2.24) is 5.32 Å². The summed E-state index contributed by atoms with van der Waals surface area (Å²) in [5.74, 6) is 0. The molecule has 0 aliphatic rings. The molecule has 0 saturated heterocycles. The monoisotopic (exact) mass is 300 g/mol. The van der Waals surface area contributed by atoms with Gasteiger partial charge in [-0.1, -0.05) is 28.9 Å². The van der Waals surface area contributed by atoms with Gasteiger partial charge in [-0.05, 0) is 32.4 Å². The maximum absolute atomic E-state index is 10.9. The van der Waals surface area contributed by atoms with Gasteiger partial charge in [0.15, 0.2) is 0 Å². The average molecular weight is 301 g/mol. The molecule has 0 spiro atoms. The van der Waals surface area contributed by atoms with Gasteiger partial charge in [0.2, 0.25) is 0 Å². The zero-order chi connectivity index (χ0) is 12.8. The maximum atomic E-state index is 10.9. The second kappa shape index (κ2) is 6.71. The number of benzene rings is 1. The molecule has 17 heavy (non-hydrogen) atoms. The molecule has 1 unspecified atom stereocenters. The summed E-state index contributed by atoms with van der Waals surface area (Å²) in [6, 6.07) is 5.65. The van der Waals surface area contributed by atoms with Gasteiger partial charge in [0.25, 0.3) is 5.69 Å². The minimum Gasteiger partial charge on any atom is -0.317 e. The molecule has 0 bridgehead atoms. The minimum absolute atomic E-state index is 0.199. The van der Waals surface area contributed by atoms with E-state index < -0.39 is 0 Å². The third-order valence-electron chi connectivity index (χ3n) is 2.91. The molecule has 0 aliphatic heterocycles. The van der Waals surface area contributed by atoms with Crippen LogP contribution in [-0.4, -0.2) is 18.0 Å². The van der Waals surface area contributed by atoms with E-state index in [9.17, 15) is 10.1 Å². The Bertz CT molecular complexity index is 392. The number of hydrogen-bond donors (Lipinski definition) is 1. The van der Waals surface area contributed by atoms with Crippen molar-refractivity contribution in [2.75, 3.05) is 7.05 Å². The summed E-state index contributed by atoms with van der Waals surface area (Å²) in [4.78, 5) is 10.6. The molecule has 0 aliphatic carbocycles. The van der Waals surface area contributed by atoms with Crippen LogP contribution in [0.2, 0.25) is 0 Å². The van der Waals surface area contributed by atoms with Crippen LogP contribution in [0, 0.1) is 10.1 Å². The van der Waals surface area contributed by atoms with E-state index in [4.69, 9.17) is 0 Å². The molecule has 94 valence electrons. The SMILES string of the molecule is CCC(CCc1ccc(Br)cc1[N+](=O)[O-])NC. The molecule has 0 aromatic heterocycles. The van der Waals surface area contributed by atoms with Gasteiger partial charge in [-0.2, -0.15) is 0 Å². The van der Waals surface area contributed by atoms with Crippen LogP contribution in [0.5, 0.6) is 0 Å². The molecule has 0 heterocycles. The van der Waals surface area contributed by atoms with Crippen LogP contribution in [0.25, 0.3) is 0 Å². The molecule has 1 aromatic carbocycles. The summed E-state index contributed by atoms with van der Waals surface area (Å²) in [6.45, 7) is 2.11. The zero-order valence-electron chi connectivity index (χ0n) is 10.1. The lowest BCUT2D eigenvalue weighted by Gasteiger charge is -2.13. The molecule has 0 saturated carbocycles. The summed E-state index contributed by atoms with van der Waals surface area (Å²) >= 11 is 3.26. The van der Waals surface area contributed by atoms with E-state index in [1.165, 1.54) is 0 Å². The Kier molecular flexibility index (Phi) is 5.58. The number of nitrogens with one attached hydrogen (secondary N) is 1. The molecule has 1 N–H and O–H groups in total. The lowest BCUT2D eigenvalue weighted by Crippen LogP contribution is -2.24. The summed E-state index contributed by atoms with van der Waals surface area (Å²) in [7, 11) is 1.92. The molecule has 0 radical (unpaired) electrons. The number of halogens is 1. The van der Waals surface area contributed by atoms with Crippen LogP contribution in [0.15, 0.2) is 22.7 Å². The quantitative estimate of drug-likeness (QED) is 0.648. The Hall–Kier alpha value is -0.940. The second-order valence-corrected chi connectivity index (χ2v) is 4.88. The van der Waals surface area contributed by atoms with E-state index in [1.807, 2.05) is 19.2 Å². The molecular formula is C12H17BrN2O2. The second-order valence-electron chi connectivity index (χ2n) is 3.96. The number of nitrogens with zero attached hydrogens (tertiary/aromatic N) is 1. The van der Waals surface area contributed by atoms with Crippen molar-refractivity contribution in [3.05, 3.63) is 38.3 Å². The van der Waals surface area contributed by atoms with Crippen molar-refractivity contribution in [3.8, 4) is 0 Å². The van der Waals surface area contributed by atoms with E-state index in [2.05, 4.69) is 28.2 Å². The highest BCUT2D eigenvalue weighted by Crippen LogP contribution is 2.25. The van der Waals surface area contributed by atoms with Gasteiger partial charge in [0.05, 0.1) is 4.92 Å². The molecular weight excluding hydrogens is 284 g/mol. The van der Waals surface area contributed by atoms with E-state index >= 15 is 0 Å². The van der Waals surface area contributed by atoms with Crippen LogP contribution < -0.4 is 5.32 Å². The van der Waals surface area contributed by atoms with Crippen molar-refractivity contribution >= 4 is 21.6 Å². The predicted octanol–water partition coefficient (Wildman–Crippen LogP) is 3.29. The van der Waals surface area contributed by atoms with Crippen molar-refractivity contribution in [2.45, 2.75) is 32.2 Å². The first kappa shape index (κ1) is 14.1. The van der Waals surface area contributed by atoms with E-state index in [1.54, 1.807) is 6.07 Å². The Morgan fingerprint density at radius 1 is 1.53 bits per heavy atom. The summed E-state index contributed by atoms with van der Waals surface area (Å²) in [6.07, 6.45) is 2.67. The Morgan fingerprint density at radius 2 is 2.24 bits per heavy atom. The summed E-state index contributed by atoms with van der Waals surface area (Å²) in [5, 5.41) is 14.1. The van der Waals surface area contributed by atoms with E-state index in [0.717, 1.165) is 29.3 Å². The number of nitro groups is 1. The standard InChI is InChI=1S/C12H17BrN2O2/c1-3-11(14-2)7-5-9-4-6-10(13)8-12(9)15(16)17/h4,6,8,11,14H,3,5,7H2,1-2H3. The number of nitro benzene ring substituents is 1. The first-order valence-electron chi connectivity index (χ1n) is 5.68. The molecule has 0 fully saturated rings. The number of rotatable bonds is 6. The lowest BCUT2D eigenvalue weighted by molar-refractivity contribution is -0.385. The third kappa shape index (κ3) is 4.09. The highest BCUT2D eigenvalue weighted by molar-refractivity contribution is 9.10. The van der Waals surface area contributed by atoms with E-state index in [0.29, 0.717) is 6.04 Å². The topological polar surface area (TPSA) is 55.2 Å². The van der Waals surface area contributed by atoms with Crippen LogP contribution in [0.3, 0.4) is 0 Å². The first-order valence-corrected chi connectivity index (χ1v) is 6.47. The molecule has 1 atom stereocenters. The van der Waals surface area contributed by atoms with E-state index in [-0.39, 0.29) is 10.6 Å². The smallest absolute Gasteiger partial charge is 0.273 e. The Balaban J connectivity index is 2.80. The third-order valence-corrected chi connectivity index (χ3v) is 3.40. The predicted molar refractivity (Wildman–Crippen MR) is 72.3 cm³/mol. The van der Waals surface area contributed by atoms with Crippen molar-refractivity contribution < 1.29 is 4.92 Å². The highest BCUT2D eigenvalue weighted by atomic mass is 79.9. The van der Waals surface area contributed by atoms with Crippen molar-refractivity contribution in [2.24, 2.45) is 0 Å². The fourth-order valence-electron chi connectivity index (χ4n) is 1.80. The Morgan fingerprint density at radius 3 is 2.76 bits per heavy atom. The van der Waals surface area contributed by atoms with Gasteiger partial charge in [-0.25, -0.2) is 0 Å². The molecule has 4 nitrogen and oxygen atoms in total. The van der Waals surface area contributed by atoms with Crippen LogP contribution in [0.1, 0.15) is 25.3 Å². The lowest BCUT2D eigenvalue weighted by atomic mass is 10.0. The average Bonchev–Trinajstić information content (AvgIpc) is 2.31. The van der Waals surface area contributed by atoms with Gasteiger partial charge < -0.3 is 5.32 Å². The number of aryl methyl sites for hydroxylation is 1. The van der Waals surface area contributed by atoms with Crippen LogP contribution in [-0.2, 0) is 6.42 Å². The fourth-order valence-corrected chi connectivity index (χ4v) is 2.15. The fraction of sp³-hybridized carbons (Fsp3) is 0.500. The highest BCUT2D eigenvalue weighted by Gasteiger charge is 2.15. The maximum Gasteiger partial charge on any atom is 0.273 e. The minimum atomic E-state index is -0.319. The zero-order valence-corrected chi connectivity index (χ0v) is 11.7. The summed E-state index contributed by atoms with van der Waals surface area (Å²) in [5.41, 5.74) is 0.997. The first-order chi connectivity index (χ1) is 8.08.